The summed E-state index contributed by atoms with van der Waals surface area (Å²) in [4.78, 5) is 11.7. The van der Waals surface area contributed by atoms with Gasteiger partial charge in [0.15, 0.2) is 5.65 Å². The zero-order valence-electron chi connectivity index (χ0n) is 10.2. The van der Waals surface area contributed by atoms with Gasteiger partial charge in [-0.05, 0) is 28.6 Å². The molecule has 0 unspecified atom stereocenters. The van der Waals surface area contributed by atoms with E-state index < -0.39 is 5.91 Å². The Balaban J connectivity index is 2.43. The maximum Gasteiger partial charge on any atom is 0.278 e. The first-order valence-corrected chi connectivity index (χ1v) is 5.86. The number of nitrogens with one attached hydrogen (secondary N) is 1. The van der Waals surface area contributed by atoms with E-state index in [0.29, 0.717) is 21.7 Å². The Labute approximate surface area is 116 Å². The molecule has 102 valence electrons. The highest BCUT2D eigenvalue weighted by molar-refractivity contribution is 6.32. The Morgan fingerprint density at radius 2 is 2.25 bits per heavy atom. The third-order valence-corrected chi connectivity index (χ3v) is 3.18. The molecule has 0 bridgehead atoms. The van der Waals surface area contributed by atoms with Gasteiger partial charge in [0.1, 0.15) is 5.75 Å². The number of hydrogen-bond acceptors (Lipinski definition) is 6. The number of carbonyl (C=O) groups is 1. The molecular weight excluding hydrogens is 286 g/mol. The molecule has 9 heteroatoms. The number of methoxy groups -OCH3 is 1. The van der Waals surface area contributed by atoms with Crippen molar-refractivity contribution in [2.24, 2.45) is 0 Å². The topological polar surface area (TPSA) is 102 Å². The van der Waals surface area contributed by atoms with E-state index in [1.165, 1.54) is 11.6 Å². The molecule has 0 radical (unpaired) electrons. The summed E-state index contributed by atoms with van der Waals surface area (Å²) in [7, 11) is 1.49. The van der Waals surface area contributed by atoms with Gasteiger partial charge in [-0.15, -0.1) is 5.10 Å². The molecular formula is C11H8ClN5O3. The quantitative estimate of drug-likeness (QED) is 0.541. The minimum Gasteiger partial charge on any atom is -0.495 e. The fourth-order valence-corrected chi connectivity index (χ4v) is 2.21. The molecule has 2 N–H and O–H groups in total. The molecule has 20 heavy (non-hydrogen) atoms. The number of pyridine rings is 1. The number of carbonyl (C=O) groups excluding carboxylic acids is 1. The second-order valence-corrected chi connectivity index (χ2v) is 4.37. The Bertz CT molecular complexity index is 832. The van der Waals surface area contributed by atoms with Crippen molar-refractivity contribution in [3.8, 4) is 5.75 Å². The highest BCUT2D eigenvalue weighted by Crippen LogP contribution is 2.30. The van der Waals surface area contributed by atoms with E-state index in [0.717, 1.165) is 0 Å². The molecule has 8 nitrogen and oxygen atoms in total. The van der Waals surface area contributed by atoms with Crippen LogP contribution in [0.1, 0.15) is 10.4 Å². The summed E-state index contributed by atoms with van der Waals surface area (Å²) in [5.74, 6) is -0.248. The van der Waals surface area contributed by atoms with Crippen LogP contribution in [-0.4, -0.2) is 38.3 Å². The summed E-state index contributed by atoms with van der Waals surface area (Å²) < 4.78 is 6.50. The third-order valence-electron chi connectivity index (χ3n) is 2.89. The van der Waals surface area contributed by atoms with Crippen molar-refractivity contribution < 1.29 is 14.7 Å². The summed E-state index contributed by atoms with van der Waals surface area (Å²) in [6.07, 6.45) is 0. The number of fused-ring (bicyclic) bond motifs is 3. The van der Waals surface area contributed by atoms with E-state index in [1.807, 2.05) is 0 Å². The van der Waals surface area contributed by atoms with E-state index in [2.05, 4.69) is 15.5 Å². The molecule has 2 aromatic heterocycles. The minimum atomic E-state index is -0.708. The number of amides is 1. The molecule has 0 aliphatic heterocycles. The monoisotopic (exact) mass is 293 g/mol. The average molecular weight is 294 g/mol. The second-order valence-electron chi connectivity index (χ2n) is 3.96. The van der Waals surface area contributed by atoms with Crippen molar-refractivity contribution in [2.75, 3.05) is 7.11 Å². The van der Waals surface area contributed by atoms with Crippen molar-refractivity contribution in [3.63, 3.8) is 0 Å². The molecule has 0 atom stereocenters. The number of ether oxygens (including phenoxy) is 1. The van der Waals surface area contributed by atoms with Crippen LogP contribution in [0.4, 0.5) is 0 Å². The standard InChI is InChI=1S/C11H8ClN5O3/c1-20-9-3-5-2-6(11(18)14-19)10-13-15-16-17(10)8(5)4-7(9)12/h2-4,19H,1H3,(H,14,18). The van der Waals surface area contributed by atoms with Gasteiger partial charge < -0.3 is 4.74 Å². The first-order valence-electron chi connectivity index (χ1n) is 5.48. The van der Waals surface area contributed by atoms with Gasteiger partial charge in [-0.1, -0.05) is 11.6 Å². The van der Waals surface area contributed by atoms with Gasteiger partial charge in [0.25, 0.3) is 5.91 Å². The Hall–Kier alpha value is -2.45. The minimum absolute atomic E-state index is 0.134. The van der Waals surface area contributed by atoms with Crippen molar-refractivity contribution in [1.82, 2.24) is 25.5 Å². The van der Waals surface area contributed by atoms with Crippen LogP contribution in [0, 0.1) is 0 Å². The summed E-state index contributed by atoms with van der Waals surface area (Å²) in [6.45, 7) is 0. The first kappa shape index (κ1) is 12.6. The Morgan fingerprint density at radius 3 is 2.95 bits per heavy atom. The van der Waals surface area contributed by atoms with Crippen LogP contribution in [0.3, 0.4) is 0 Å². The van der Waals surface area contributed by atoms with Crippen molar-refractivity contribution in [2.45, 2.75) is 0 Å². The van der Waals surface area contributed by atoms with Crippen LogP contribution in [0.5, 0.6) is 5.75 Å². The smallest absolute Gasteiger partial charge is 0.278 e. The molecule has 0 fully saturated rings. The zero-order chi connectivity index (χ0) is 14.3. The van der Waals surface area contributed by atoms with E-state index in [1.54, 1.807) is 23.7 Å². The van der Waals surface area contributed by atoms with Crippen LogP contribution in [0.15, 0.2) is 18.2 Å². The fraction of sp³-hybridized carbons (Fsp3) is 0.0909. The average Bonchev–Trinajstić information content (AvgIpc) is 2.94. The lowest BCUT2D eigenvalue weighted by Gasteiger charge is -2.08. The number of tetrazole rings is 1. The number of benzene rings is 1. The van der Waals surface area contributed by atoms with Crippen LogP contribution in [0.2, 0.25) is 5.02 Å². The molecule has 0 saturated carbocycles. The predicted molar refractivity (Wildman–Crippen MR) is 69.1 cm³/mol. The molecule has 3 aromatic rings. The van der Waals surface area contributed by atoms with Crippen LogP contribution < -0.4 is 10.2 Å². The van der Waals surface area contributed by atoms with Gasteiger partial charge >= 0.3 is 0 Å². The van der Waals surface area contributed by atoms with Crippen molar-refractivity contribution >= 4 is 34.1 Å². The first-order chi connectivity index (χ1) is 9.65. The second kappa shape index (κ2) is 4.58. The number of halogens is 1. The number of nitrogens with zero attached hydrogens (tertiary/aromatic N) is 4. The van der Waals surface area contributed by atoms with Crippen LogP contribution in [0.25, 0.3) is 16.6 Å². The normalized spacial score (nSPS) is 10.9. The van der Waals surface area contributed by atoms with Gasteiger partial charge in [-0.25, -0.2) is 5.48 Å². The molecule has 1 amide bonds. The maximum absolute atomic E-state index is 11.7. The molecule has 1 aromatic carbocycles. The molecule has 0 aliphatic carbocycles. The molecule has 3 rings (SSSR count). The highest BCUT2D eigenvalue weighted by Gasteiger charge is 2.17. The molecule has 0 spiro atoms. The van der Waals surface area contributed by atoms with Crippen molar-refractivity contribution in [3.05, 3.63) is 28.8 Å². The molecule has 2 heterocycles. The SMILES string of the molecule is COc1cc2cc(C(=O)NO)c3nnnn3c2cc1Cl. The summed E-state index contributed by atoms with van der Waals surface area (Å²) in [5, 5.41) is 20.9. The lowest BCUT2D eigenvalue weighted by atomic mass is 10.1. The summed E-state index contributed by atoms with van der Waals surface area (Å²) in [5.41, 5.74) is 2.53. The fourth-order valence-electron chi connectivity index (χ4n) is 1.98. The van der Waals surface area contributed by atoms with Gasteiger partial charge in [-0.2, -0.15) is 4.52 Å². The van der Waals surface area contributed by atoms with E-state index in [4.69, 9.17) is 21.5 Å². The van der Waals surface area contributed by atoms with Gasteiger partial charge in [0.05, 0.1) is 23.2 Å². The number of rotatable bonds is 2. The highest BCUT2D eigenvalue weighted by atomic mass is 35.5. The van der Waals surface area contributed by atoms with E-state index in [9.17, 15) is 4.79 Å². The molecule has 0 aliphatic rings. The lowest BCUT2D eigenvalue weighted by molar-refractivity contribution is 0.0707. The maximum atomic E-state index is 11.7. The third kappa shape index (κ3) is 1.74. The van der Waals surface area contributed by atoms with Gasteiger partial charge in [0, 0.05) is 5.39 Å². The Morgan fingerprint density at radius 1 is 1.45 bits per heavy atom. The molecule has 0 saturated heterocycles. The largest absolute Gasteiger partial charge is 0.495 e. The lowest BCUT2D eigenvalue weighted by Crippen LogP contribution is -2.19. The number of hydroxylamine groups is 1. The summed E-state index contributed by atoms with van der Waals surface area (Å²) in [6, 6.07) is 4.85. The predicted octanol–water partition coefficient (Wildman–Crippen LogP) is 1.06. The van der Waals surface area contributed by atoms with Crippen LogP contribution >= 0.6 is 11.6 Å². The Kier molecular flexibility index (Phi) is 2.88. The summed E-state index contributed by atoms with van der Waals surface area (Å²) >= 11 is 6.07. The van der Waals surface area contributed by atoms with Gasteiger partial charge in [0.2, 0.25) is 0 Å². The van der Waals surface area contributed by atoms with Gasteiger partial charge in [-0.3, -0.25) is 10.0 Å². The zero-order valence-corrected chi connectivity index (χ0v) is 10.9. The van der Waals surface area contributed by atoms with E-state index in [-0.39, 0.29) is 11.2 Å². The number of hydrogen-bond donors (Lipinski definition) is 2. The number of aromatic nitrogens is 4. The van der Waals surface area contributed by atoms with Crippen molar-refractivity contribution in [1.29, 1.82) is 0 Å². The van der Waals surface area contributed by atoms with Crippen LogP contribution in [-0.2, 0) is 0 Å². The van der Waals surface area contributed by atoms with E-state index >= 15 is 0 Å².